The Morgan fingerprint density at radius 2 is 1.73 bits per heavy atom. The van der Waals surface area contributed by atoms with Crippen LogP contribution in [0.4, 0.5) is 0 Å². The average Bonchev–Trinajstić information content (AvgIpc) is 2.78. The van der Waals surface area contributed by atoms with Crippen LogP contribution in [0.1, 0.15) is 22.8 Å². The molecule has 0 fully saturated rings. The van der Waals surface area contributed by atoms with E-state index in [0.717, 1.165) is 15.6 Å². The molecule has 0 bridgehead atoms. The van der Waals surface area contributed by atoms with Crippen LogP contribution in [-0.4, -0.2) is 24.7 Å². The first-order valence-electron chi connectivity index (χ1n) is 9.61. The van der Waals surface area contributed by atoms with Gasteiger partial charge >= 0.3 is 0 Å². The number of carbonyl (C=O) groups excluding carboxylic acids is 1. The molecule has 0 aliphatic rings. The van der Waals surface area contributed by atoms with Crippen molar-refractivity contribution in [3.8, 4) is 11.5 Å². The number of rotatable bonds is 9. The van der Waals surface area contributed by atoms with Crippen molar-refractivity contribution in [2.75, 3.05) is 13.7 Å². The van der Waals surface area contributed by atoms with Gasteiger partial charge in [-0.1, -0.05) is 64.5 Å². The minimum atomic E-state index is -1.19. The summed E-state index contributed by atoms with van der Waals surface area (Å²) in [5, 5.41) is 13.0. The van der Waals surface area contributed by atoms with Gasteiger partial charge in [0, 0.05) is 11.0 Å². The summed E-state index contributed by atoms with van der Waals surface area (Å²) in [4.78, 5) is 12.2. The lowest BCUT2D eigenvalue weighted by molar-refractivity contribution is -0.129. The highest BCUT2D eigenvalue weighted by Gasteiger charge is 2.16. The van der Waals surface area contributed by atoms with Crippen LogP contribution in [0.5, 0.6) is 11.5 Å². The third kappa shape index (κ3) is 6.08. The lowest BCUT2D eigenvalue weighted by Gasteiger charge is -2.14. The second kappa shape index (κ2) is 10.8. The maximum absolute atomic E-state index is 12.2. The molecule has 2 N–H and O–H groups in total. The number of aliphatic hydroxyl groups excluding tert-OH is 1. The van der Waals surface area contributed by atoms with Gasteiger partial charge in [-0.25, -0.2) is 0 Å². The lowest BCUT2D eigenvalue weighted by atomic mass is 10.1. The third-order valence-electron chi connectivity index (χ3n) is 4.61. The van der Waals surface area contributed by atoms with Gasteiger partial charge < -0.3 is 19.9 Å². The zero-order valence-corrected chi connectivity index (χ0v) is 18.3. The van der Waals surface area contributed by atoms with Crippen LogP contribution in [0.25, 0.3) is 0 Å². The first kappa shape index (κ1) is 21.9. The van der Waals surface area contributed by atoms with Gasteiger partial charge in [-0.3, -0.25) is 4.79 Å². The molecule has 0 aromatic heterocycles. The highest BCUT2D eigenvalue weighted by Crippen LogP contribution is 2.29. The van der Waals surface area contributed by atoms with Gasteiger partial charge in [-0.15, -0.1) is 0 Å². The number of benzene rings is 3. The number of hydrogen-bond donors (Lipinski definition) is 2. The number of methoxy groups -OCH3 is 1. The normalized spacial score (nSPS) is 11.6. The Morgan fingerprint density at radius 1 is 1.00 bits per heavy atom. The summed E-state index contributed by atoms with van der Waals surface area (Å²) in [6.07, 6.45) is -0.588. The molecule has 3 aromatic rings. The van der Waals surface area contributed by atoms with Crippen molar-refractivity contribution in [3.63, 3.8) is 0 Å². The zero-order valence-electron chi connectivity index (χ0n) is 16.7. The summed E-state index contributed by atoms with van der Waals surface area (Å²) in [6, 6.07) is 22.7. The van der Waals surface area contributed by atoms with E-state index < -0.39 is 12.0 Å². The van der Waals surface area contributed by atoms with Gasteiger partial charge in [0.1, 0.15) is 6.61 Å². The number of amides is 1. The van der Waals surface area contributed by atoms with Gasteiger partial charge in [0.15, 0.2) is 17.6 Å². The molecule has 1 amide bonds. The van der Waals surface area contributed by atoms with E-state index in [1.165, 1.54) is 0 Å². The molecule has 0 spiro atoms. The van der Waals surface area contributed by atoms with Crippen molar-refractivity contribution in [3.05, 3.63) is 94.0 Å². The van der Waals surface area contributed by atoms with Gasteiger partial charge in [-0.05, 0) is 47.4 Å². The van der Waals surface area contributed by atoms with E-state index in [-0.39, 0.29) is 0 Å². The van der Waals surface area contributed by atoms with Crippen molar-refractivity contribution < 1.29 is 19.4 Å². The summed E-state index contributed by atoms with van der Waals surface area (Å²) < 4.78 is 12.2. The number of hydrogen-bond acceptors (Lipinski definition) is 4. The minimum absolute atomic E-state index is 0.403. The van der Waals surface area contributed by atoms with E-state index in [0.29, 0.717) is 36.6 Å². The Morgan fingerprint density at radius 3 is 2.43 bits per heavy atom. The summed E-state index contributed by atoms with van der Waals surface area (Å²) in [7, 11) is 1.60. The van der Waals surface area contributed by atoms with Crippen molar-refractivity contribution >= 4 is 21.8 Å². The molecule has 0 aliphatic carbocycles. The second-order valence-electron chi connectivity index (χ2n) is 6.75. The molecule has 0 heterocycles. The highest BCUT2D eigenvalue weighted by molar-refractivity contribution is 9.10. The second-order valence-corrected chi connectivity index (χ2v) is 7.67. The fourth-order valence-corrected chi connectivity index (χ4v) is 3.21. The molecule has 6 heteroatoms. The van der Waals surface area contributed by atoms with Crippen LogP contribution in [0.2, 0.25) is 0 Å². The molecule has 0 saturated carbocycles. The van der Waals surface area contributed by atoms with E-state index in [9.17, 15) is 9.90 Å². The van der Waals surface area contributed by atoms with Crippen LogP contribution >= 0.6 is 15.9 Å². The number of aliphatic hydroxyl groups is 1. The van der Waals surface area contributed by atoms with Gasteiger partial charge in [0.05, 0.1) is 7.11 Å². The molecule has 3 aromatic carbocycles. The Bertz CT molecular complexity index is 961. The summed E-state index contributed by atoms with van der Waals surface area (Å²) in [5.74, 6) is 0.886. The Kier molecular flexibility index (Phi) is 7.88. The first-order valence-corrected chi connectivity index (χ1v) is 10.4. The van der Waals surface area contributed by atoms with Crippen LogP contribution < -0.4 is 14.8 Å². The topological polar surface area (TPSA) is 67.8 Å². The lowest BCUT2D eigenvalue weighted by Crippen LogP contribution is -2.30. The third-order valence-corrected chi connectivity index (χ3v) is 5.14. The Balaban J connectivity index is 1.52. The predicted molar refractivity (Wildman–Crippen MR) is 120 cm³/mol. The van der Waals surface area contributed by atoms with Crippen LogP contribution in [-0.2, 0) is 17.8 Å². The van der Waals surface area contributed by atoms with Gasteiger partial charge in [0.25, 0.3) is 5.91 Å². The van der Waals surface area contributed by atoms with E-state index in [1.807, 2.05) is 48.5 Å². The zero-order chi connectivity index (χ0) is 21.3. The molecule has 1 unspecified atom stereocenters. The monoisotopic (exact) mass is 469 g/mol. The molecule has 1 atom stereocenters. The number of halogens is 1. The Hall–Kier alpha value is -2.83. The molecule has 0 aliphatic heterocycles. The fourth-order valence-electron chi connectivity index (χ4n) is 2.95. The molecular weight excluding hydrogens is 446 g/mol. The number of ether oxygens (including phenoxy) is 2. The quantitative estimate of drug-likeness (QED) is 0.486. The largest absolute Gasteiger partial charge is 0.493 e. The van der Waals surface area contributed by atoms with Crippen molar-refractivity contribution in [2.45, 2.75) is 19.1 Å². The standard InChI is InChI=1S/C24H24BrNO4/c1-29-22-15-17(7-12-21(22)30-16-18-5-3-2-4-6-18)13-14-26-24(28)23(27)19-8-10-20(25)11-9-19/h2-12,15,23,27H,13-14,16H2,1H3,(H,26,28). The number of carbonyl (C=O) groups is 1. The van der Waals surface area contributed by atoms with E-state index >= 15 is 0 Å². The van der Waals surface area contributed by atoms with E-state index in [1.54, 1.807) is 31.4 Å². The fraction of sp³-hybridized carbons (Fsp3) is 0.208. The first-order chi connectivity index (χ1) is 14.6. The van der Waals surface area contributed by atoms with E-state index in [4.69, 9.17) is 9.47 Å². The molecule has 156 valence electrons. The molecule has 0 saturated heterocycles. The maximum Gasteiger partial charge on any atom is 0.253 e. The van der Waals surface area contributed by atoms with Crippen molar-refractivity contribution in [2.24, 2.45) is 0 Å². The molecule has 5 nitrogen and oxygen atoms in total. The molecule has 3 rings (SSSR count). The highest BCUT2D eigenvalue weighted by atomic mass is 79.9. The van der Waals surface area contributed by atoms with Crippen molar-refractivity contribution in [1.29, 1.82) is 0 Å². The van der Waals surface area contributed by atoms with Crippen LogP contribution in [0.15, 0.2) is 77.3 Å². The predicted octanol–water partition coefficient (Wildman–Crippen LogP) is 4.43. The van der Waals surface area contributed by atoms with Gasteiger partial charge in [-0.2, -0.15) is 0 Å². The SMILES string of the molecule is COc1cc(CCNC(=O)C(O)c2ccc(Br)cc2)ccc1OCc1ccccc1. The smallest absolute Gasteiger partial charge is 0.253 e. The average molecular weight is 470 g/mol. The summed E-state index contributed by atoms with van der Waals surface area (Å²) >= 11 is 3.34. The minimum Gasteiger partial charge on any atom is -0.493 e. The summed E-state index contributed by atoms with van der Waals surface area (Å²) in [6.45, 7) is 0.861. The molecule has 30 heavy (non-hydrogen) atoms. The van der Waals surface area contributed by atoms with Gasteiger partial charge in [0.2, 0.25) is 0 Å². The molecular formula is C24H24BrNO4. The number of nitrogens with one attached hydrogen (secondary N) is 1. The van der Waals surface area contributed by atoms with Crippen LogP contribution in [0, 0.1) is 0 Å². The Labute approximate surface area is 184 Å². The van der Waals surface area contributed by atoms with Crippen molar-refractivity contribution in [1.82, 2.24) is 5.32 Å². The molecule has 0 radical (unpaired) electrons. The maximum atomic E-state index is 12.2. The van der Waals surface area contributed by atoms with E-state index in [2.05, 4.69) is 21.2 Å². The van der Waals surface area contributed by atoms with Crippen LogP contribution in [0.3, 0.4) is 0 Å². The summed E-state index contributed by atoms with van der Waals surface area (Å²) in [5.41, 5.74) is 2.63.